The number of ether oxygens (including phenoxy) is 1. The molecule has 0 aromatic heterocycles. The number of nitrogens with two attached hydrogens (primary N) is 2. The van der Waals surface area contributed by atoms with E-state index in [2.05, 4.69) is 25.8 Å². The lowest BCUT2D eigenvalue weighted by Crippen LogP contribution is -2.54. The summed E-state index contributed by atoms with van der Waals surface area (Å²) in [5, 5.41) is 9.78. The summed E-state index contributed by atoms with van der Waals surface area (Å²) in [6.45, 7) is 4.95. The molecule has 1 aliphatic carbocycles. The Morgan fingerprint density at radius 3 is 2.09 bits per heavy atom. The lowest BCUT2D eigenvalue weighted by molar-refractivity contribution is -0.136. The minimum absolute atomic E-state index is 0.0460. The van der Waals surface area contributed by atoms with Crippen LogP contribution in [0.25, 0.3) is 5.70 Å². The number of carbonyl (C=O) groups is 6. The zero-order valence-electron chi connectivity index (χ0n) is 37.2. The Hall–Kier alpha value is -6.39. The number of hydrogen-bond donors (Lipinski definition) is 5. The molecule has 0 radical (unpaired) electrons. The molecule has 3 aromatic rings. The predicted octanol–water partition coefficient (Wildman–Crippen LogP) is 3.96. The molecule has 3 aromatic carbocycles. The summed E-state index contributed by atoms with van der Waals surface area (Å²) in [6, 6.07) is 21.5. The van der Waals surface area contributed by atoms with Crippen molar-refractivity contribution in [1.82, 2.24) is 30.7 Å². The van der Waals surface area contributed by atoms with E-state index in [0.29, 0.717) is 66.3 Å². The standard InChI is InChI=1S/C50H59N9O7/c51-44(32-8-13-37(14-9-32)66-36-4-2-1-3-5-36)43(45(52)61)46-53-23-18-40(55-46)31-6-11-34(12-7-31)54-35-21-24-57(25-22-35)29-30-19-26-58(27-20-30)48(63)33-10-15-38-39(28-33)50(65)59(49(38)64)41-16-17-42(60)56-47(41)62/h1-5,8-10,13-15,28,30-31,34-35,40-41,54H,6-7,11-12,16-27,29,51H2,(H2,52,61)(H,53,55)(H,56,60,62)/b44-43-/t31?,34?,40-,41?/m0/s1. The van der Waals surface area contributed by atoms with Gasteiger partial charge in [-0.1, -0.05) is 18.2 Å². The number of amidine groups is 1. The Morgan fingerprint density at radius 1 is 0.727 bits per heavy atom. The molecule has 66 heavy (non-hydrogen) atoms. The molecule has 2 atom stereocenters. The van der Waals surface area contributed by atoms with Crippen molar-refractivity contribution in [3.05, 3.63) is 101 Å². The van der Waals surface area contributed by atoms with Crippen molar-refractivity contribution < 1.29 is 33.5 Å². The molecule has 5 aliphatic heterocycles. The van der Waals surface area contributed by atoms with Crippen LogP contribution in [-0.4, -0.2) is 119 Å². The fourth-order valence-electron chi connectivity index (χ4n) is 10.7. The molecule has 1 saturated carbocycles. The van der Waals surface area contributed by atoms with E-state index in [4.69, 9.17) is 16.2 Å². The quantitative estimate of drug-likeness (QED) is 0.129. The maximum atomic E-state index is 13.6. The fourth-order valence-corrected chi connectivity index (χ4v) is 10.7. The molecule has 4 fully saturated rings. The Bertz CT molecular complexity index is 2410. The van der Waals surface area contributed by atoms with Crippen LogP contribution in [0.2, 0.25) is 0 Å². The first-order valence-electron chi connectivity index (χ1n) is 23.6. The molecule has 3 saturated heterocycles. The highest BCUT2D eigenvalue weighted by Gasteiger charge is 2.45. The number of imide groups is 2. The van der Waals surface area contributed by atoms with Gasteiger partial charge in [-0.2, -0.15) is 0 Å². The van der Waals surface area contributed by atoms with Gasteiger partial charge in [0.15, 0.2) is 0 Å². The van der Waals surface area contributed by atoms with Crippen LogP contribution < -0.4 is 32.2 Å². The third-order valence-corrected chi connectivity index (χ3v) is 14.4. The minimum Gasteiger partial charge on any atom is -0.457 e. The van der Waals surface area contributed by atoms with Gasteiger partial charge in [0.2, 0.25) is 11.8 Å². The topological polar surface area (TPSA) is 222 Å². The first-order chi connectivity index (χ1) is 32.0. The number of fused-ring (bicyclic) bond motifs is 1. The molecule has 0 bridgehead atoms. The highest BCUT2D eigenvalue weighted by atomic mass is 16.5. The molecule has 7 N–H and O–H groups in total. The molecular formula is C50H59N9O7. The summed E-state index contributed by atoms with van der Waals surface area (Å²) < 4.78 is 5.92. The number of nitrogens with zero attached hydrogens (tertiary/aromatic N) is 4. The summed E-state index contributed by atoms with van der Waals surface area (Å²) >= 11 is 0. The average Bonchev–Trinajstić information content (AvgIpc) is 3.58. The molecule has 16 nitrogen and oxygen atoms in total. The van der Waals surface area contributed by atoms with Crippen LogP contribution >= 0.6 is 0 Å². The third kappa shape index (κ3) is 9.75. The van der Waals surface area contributed by atoms with E-state index in [9.17, 15) is 28.8 Å². The summed E-state index contributed by atoms with van der Waals surface area (Å²) in [6.07, 6.45) is 9.41. The number of carbonyl (C=O) groups excluding carboxylic acids is 6. The van der Waals surface area contributed by atoms with Crippen molar-refractivity contribution in [2.75, 3.05) is 39.3 Å². The van der Waals surface area contributed by atoms with Gasteiger partial charge in [-0.25, -0.2) is 0 Å². The second-order valence-corrected chi connectivity index (χ2v) is 18.7. The molecule has 9 rings (SSSR count). The lowest BCUT2D eigenvalue weighted by atomic mass is 9.79. The lowest BCUT2D eigenvalue weighted by Gasteiger charge is -2.40. The number of aliphatic imine (C=N–C) groups is 1. The highest BCUT2D eigenvalue weighted by molar-refractivity contribution is 6.25. The van der Waals surface area contributed by atoms with Crippen molar-refractivity contribution in [2.45, 2.75) is 94.8 Å². The van der Waals surface area contributed by atoms with E-state index in [-0.39, 0.29) is 47.2 Å². The van der Waals surface area contributed by atoms with Crippen LogP contribution in [0.3, 0.4) is 0 Å². The normalized spacial score (nSPS) is 24.8. The molecular weight excluding hydrogens is 839 g/mol. The number of para-hydroxylation sites is 1. The Kier molecular flexibility index (Phi) is 13.3. The SMILES string of the molecule is NC(=O)/C(C1=NCC[C@@H](C2CCC(NC3CCN(CC4CCN(C(=O)c5ccc6c(c5)C(=O)N(C5CCC(=O)NC5=O)C6=O)CC4)CC3)CC2)N1)=C(/N)c1ccc(Oc2ccccc2)cc1. The van der Waals surface area contributed by atoms with Crippen LogP contribution in [0.4, 0.5) is 0 Å². The number of primary amides is 1. The van der Waals surface area contributed by atoms with E-state index in [1.807, 2.05) is 59.5 Å². The van der Waals surface area contributed by atoms with Crippen molar-refractivity contribution in [1.29, 1.82) is 0 Å². The Balaban J connectivity index is 0.693. The Morgan fingerprint density at radius 2 is 1.39 bits per heavy atom. The van der Waals surface area contributed by atoms with E-state index < -0.39 is 35.6 Å². The van der Waals surface area contributed by atoms with Crippen molar-refractivity contribution in [3.63, 3.8) is 0 Å². The molecule has 346 valence electrons. The van der Waals surface area contributed by atoms with Gasteiger partial charge < -0.3 is 36.6 Å². The number of piperidine rings is 3. The zero-order chi connectivity index (χ0) is 45.9. The third-order valence-electron chi connectivity index (χ3n) is 14.4. The van der Waals surface area contributed by atoms with Crippen molar-refractivity contribution >= 4 is 47.0 Å². The second kappa shape index (κ2) is 19.6. The first-order valence-corrected chi connectivity index (χ1v) is 23.6. The highest BCUT2D eigenvalue weighted by Crippen LogP contribution is 2.33. The summed E-state index contributed by atoms with van der Waals surface area (Å²) in [4.78, 5) is 86.9. The molecule has 1 unspecified atom stereocenters. The van der Waals surface area contributed by atoms with Crippen LogP contribution in [0, 0.1) is 11.8 Å². The van der Waals surface area contributed by atoms with Gasteiger partial charge in [-0.05, 0) is 149 Å². The van der Waals surface area contributed by atoms with E-state index >= 15 is 0 Å². The number of amides is 6. The van der Waals surface area contributed by atoms with Crippen LogP contribution in [0.15, 0.2) is 83.4 Å². The van der Waals surface area contributed by atoms with Gasteiger partial charge >= 0.3 is 0 Å². The van der Waals surface area contributed by atoms with Gasteiger partial charge in [0.25, 0.3) is 23.6 Å². The average molecular weight is 898 g/mol. The zero-order valence-corrected chi connectivity index (χ0v) is 37.2. The number of nitrogens with one attached hydrogen (secondary N) is 3. The maximum Gasteiger partial charge on any atom is 0.262 e. The molecule has 6 amide bonds. The largest absolute Gasteiger partial charge is 0.457 e. The van der Waals surface area contributed by atoms with E-state index in [0.717, 1.165) is 88.1 Å². The van der Waals surface area contributed by atoms with Gasteiger partial charge in [0, 0.05) is 56.3 Å². The van der Waals surface area contributed by atoms with E-state index in [1.54, 1.807) is 6.07 Å². The molecule has 6 aliphatic rings. The van der Waals surface area contributed by atoms with Gasteiger partial charge in [-0.15, -0.1) is 0 Å². The van der Waals surface area contributed by atoms with Gasteiger partial charge in [0.05, 0.1) is 16.8 Å². The monoisotopic (exact) mass is 897 g/mol. The minimum atomic E-state index is -1.05. The number of rotatable bonds is 12. The van der Waals surface area contributed by atoms with Crippen LogP contribution in [0.5, 0.6) is 11.5 Å². The number of hydrogen-bond acceptors (Lipinski definition) is 12. The fraction of sp³-hybridized carbons (Fsp3) is 0.460. The summed E-state index contributed by atoms with van der Waals surface area (Å²) in [5.41, 5.74) is 14.3. The first kappa shape index (κ1) is 44.8. The molecule has 0 spiro atoms. The number of likely N-dealkylation sites (tertiary alicyclic amines) is 2. The molecule has 16 heteroatoms. The van der Waals surface area contributed by atoms with E-state index in [1.165, 1.54) is 12.1 Å². The summed E-state index contributed by atoms with van der Waals surface area (Å²) in [7, 11) is 0. The number of benzene rings is 3. The molecule has 5 heterocycles. The maximum absolute atomic E-state index is 13.6. The Labute approximate surface area is 384 Å². The summed E-state index contributed by atoms with van der Waals surface area (Å²) in [5.74, 6) is -0.261. The second-order valence-electron chi connectivity index (χ2n) is 18.7. The van der Waals surface area contributed by atoms with Crippen molar-refractivity contribution in [2.24, 2.45) is 28.3 Å². The van der Waals surface area contributed by atoms with Crippen LogP contribution in [-0.2, 0) is 14.4 Å². The van der Waals surface area contributed by atoms with Gasteiger partial charge in [0.1, 0.15) is 28.9 Å². The van der Waals surface area contributed by atoms with Gasteiger partial charge in [-0.3, -0.25) is 44.0 Å². The van der Waals surface area contributed by atoms with Crippen LogP contribution in [0.1, 0.15) is 107 Å². The predicted molar refractivity (Wildman–Crippen MR) is 247 cm³/mol. The smallest absolute Gasteiger partial charge is 0.262 e. The van der Waals surface area contributed by atoms with Crippen molar-refractivity contribution in [3.8, 4) is 11.5 Å².